The van der Waals surface area contributed by atoms with Gasteiger partial charge in [0.15, 0.2) is 0 Å². The van der Waals surface area contributed by atoms with Gasteiger partial charge in [0.1, 0.15) is 17.2 Å². The first kappa shape index (κ1) is 11.8. The highest BCUT2D eigenvalue weighted by molar-refractivity contribution is 6.36. The second-order valence-corrected chi connectivity index (χ2v) is 2.80. The molecule has 1 amide bonds. The van der Waals surface area contributed by atoms with E-state index in [1.807, 2.05) is 0 Å². The summed E-state index contributed by atoms with van der Waals surface area (Å²) in [6, 6.07) is 4.83. The van der Waals surface area contributed by atoms with E-state index in [0.717, 1.165) is 0 Å². The number of amides is 1. The van der Waals surface area contributed by atoms with Gasteiger partial charge in [0.05, 0.1) is 14.2 Å². The predicted octanol–water partition coefficient (Wildman–Crippen LogP) is 0.727. The van der Waals surface area contributed by atoms with E-state index in [-0.39, 0.29) is 5.69 Å². The standard InChI is InChI=1S/C10H11NO5/c1-15-6-4-3-5-7(16-2)8(6)11-9(12)10(13)14/h3-5H,1-2H3,(H,11,12)(H,13,14). The number of benzene rings is 1. The molecule has 2 N–H and O–H groups in total. The van der Waals surface area contributed by atoms with Crippen molar-refractivity contribution < 1.29 is 24.2 Å². The summed E-state index contributed by atoms with van der Waals surface area (Å²) in [4.78, 5) is 21.4. The molecule has 6 nitrogen and oxygen atoms in total. The van der Waals surface area contributed by atoms with Crippen molar-refractivity contribution in [2.45, 2.75) is 0 Å². The van der Waals surface area contributed by atoms with Crippen LogP contribution in [0.2, 0.25) is 0 Å². The highest BCUT2D eigenvalue weighted by Crippen LogP contribution is 2.33. The van der Waals surface area contributed by atoms with Gasteiger partial charge in [-0.3, -0.25) is 4.79 Å². The molecule has 0 fully saturated rings. The molecule has 0 heterocycles. The van der Waals surface area contributed by atoms with Crippen LogP contribution in [0.5, 0.6) is 11.5 Å². The van der Waals surface area contributed by atoms with Gasteiger partial charge in [-0.25, -0.2) is 4.79 Å². The minimum absolute atomic E-state index is 0.194. The fourth-order valence-corrected chi connectivity index (χ4v) is 1.14. The summed E-state index contributed by atoms with van der Waals surface area (Å²) in [7, 11) is 2.82. The van der Waals surface area contributed by atoms with Gasteiger partial charge < -0.3 is 19.9 Å². The lowest BCUT2D eigenvalue weighted by molar-refractivity contribution is -0.147. The average molecular weight is 225 g/mol. The first-order chi connectivity index (χ1) is 7.60. The van der Waals surface area contributed by atoms with Gasteiger partial charge in [0, 0.05) is 0 Å². The normalized spacial score (nSPS) is 9.38. The number of aliphatic carboxylic acids is 1. The topological polar surface area (TPSA) is 84.9 Å². The van der Waals surface area contributed by atoms with Crippen molar-refractivity contribution in [3.05, 3.63) is 18.2 Å². The summed E-state index contributed by atoms with van der Waals surface area (Å²) in [5, 5.41) is 10.7. The van der Waals surface area contributed by atoms with Crippen molar-refractivity contribution in [1.29, 1.82) is 0 Å². The van der Waals surface area contributed by atoms with E-state index in [0.29, 0.717) is 11.5 Å². The third-order valence-electron chi connectivity index (χ3n) is 1.86. The van der Waals surface area contributed by atoms with E-state index < -0.39 is 11.9 Å². The van der Waals surface area contributed by atoms with Crippen LogP contribution in [0.4, 0.5) is 5.69 Å². The number of methoxy groups -OCH3 is 2. The summed E-state index contributed by atoms with van der Waals surface area (Å²) in [5.74, 6) is -2.07. The fourth-order valence-electron chi connectivity index (χ4n) is 1.14. The average Bonchev–Trinajstić information content (AvgIpc) is 2.29. The molecule has 0 radical (unpaired) electrons. The van der Waals surface area contributed by atoms with Crippen LogP contribution in [-0.4, -0.2) is 31.2 Å². The van der Waals surface area contributed by atoms with Crippen LogP contribution >= 0.6 is 0 Å². The number of ether oxygens (including phenoxy) is 2. The Morgan fingerprint density at radius 1 is 1.19 bits per heavy atom. The maximum Gasteiger partial charge on any atom is 0.394 e. The molecule has 0 aromatic heterocycles. The molecule has 6 heteroatoms. The number of hydrogen-bond donors (Lipinski definition) is 2. The van der Waals surface area contributed by atoms with Crippen molar-refractivity contribution in [1.82, 2.24) is 0 Å². The molecule has 1 aromatic rings. The molecule has 0 spiro atoms. The summed E-state index contributed by atoms with van der Waals surface area (Å²) < 4.78 is 9.96. The molecule has 0 aliphatic rings. The molecule has 1 aromatic carbocycles. The molecule has 0 aliphatic heterocycles. The lowest BCUT2D eigenvalue weighted by atomic mass is 10.2. The second kappa shape index (κ2) is 5.01. The van der Waals surface area contributed by atoms with E-state index in [2.05, 4.69) is 5.32 Å². The summed E-state index contributed by atoms with van der Waals surface area (Å²) in [5.41, 5.74) is 0.194. The molecule has 16 heavy (non-hydrogen) atoms. The van der Waals surface area contributed by atoms with E-state index in [1.165, 1.54) is 14.2 Å². The van der Waals surface area contributed by atoms with Gasteiger partial charge in [0.2, 0.25) is 0 Å². The number of hydrogen-bond acceptors (Lipinski definition) is 4. The molecular formula is C10H11NO5. The number of carbonyl (C=O) groups excluding carboxylic acids is 1. The van der Waals surface area contributed by atoms with E-state index >= 15 is 0 Å². The van der Waals surface area contributed by atoms with Crippen LogP contribution in [0, 0.1) is 0 Å². The second-order valence-electron chi connectivity index (χ2n) is 2.80. The number of carboxylic acid groups (broad SMARTS) is 1. The van der Waals surface area contributed by atoms with E-state index in [1.54, 1.807) is 18.2 Å². The van der Waals surface area contributed by atoms with Crippen LogP contribution in [0.3, 0.4) is 0 Å². The van der Waals surface area contributed by atoms with Crippen molar-refractivity contribution in [3.63, 3.8) is 0 Å². The Kier molecular flexibility index (Phi) is 3.71. The number of nitrogens with one attached hydrogen (secondary N) is 1. The summed E-state index contributed by atoms with van der Waals surface area (Å²) >= 11 is 0. The minimum Gasteiger partial charge on any atom is -0.494 e. The Morgan fingerprint density at radius 2 is 1.69 bits per heavy atom. The molecule has 86 valence electrons. The van der Waals surface area contributed by atoms with Crippen molar-refractivity contribution in [3.8, 4) is 11.5 Å². The molecule has 0 saturated heterocycles. The minimum atomic E-state index is -1.58. The summed E-state index contributed by atoms with van der Waals surface area (Å²) in [6.07, 6.45) is 0. The van der Waals surface area contributed by atoms with Gasteiger partial charge in [-0.2, -0.15) is 0 Å². The lowest BCUT2D eigenvalue weighted by Crippen LogP contribution is -2.22. The van der Waals surface area contributed by atoms with Crippen LogP contribution in [0.1, 0.15) is 0 Å². The number of rotatable bonds is 3. The predicted molar refractivity (Wildman–Crippen MR) is 55.8 cm³/mol. The fraction of sp³-hybridized carbons (Fsp3) is 0.200. The zero-order chi connectivity index (χ0) is 12.1. The quantitative estimate of drug-likeness (QED) is 0.740. The monoisotopic (exact) mass is 225 g/mol. The maximum atomic E-state index is 11.0. The van der Waals surface area contributed by atoms with Gasteiger partial charge in [-0.1, -0.05) is 6.07 Å². The number of carbonyl (C=O) groups is 2. The van der Waals surface area contributed by atoms with Crippen LogP contribution < -0.4 is 14.8 Å². The zero-order valence-corrected chi connectivity index (χ0v) is 8.81. The number of anilines is 1. The first-order valence-electron chi connectivity index (χ1n) is 4.35. The number of para-hydroxylation sites is 1. The number of carboxylic acids is 1. The Bertz CT molecular complexity index is 393. The summed E-state index contributed by atoms with van der Waals surface area (Å²) in [6.45, 7) is 0. The lowest BCUT2D eigenvalue weighted by Gasteiger charge is -2.12. The van der Waals surface area contributed by atoms with E-state index in [9.17, 15) is 9.59 Å². The van der Waals surface area contributed by atoms with Crippen molar-refractivity contribution in [2.24, 2.45) is 0 Å². The van der Waals surface area contributed by atoms with Gasteiger partial charge in [-0.15, -0.1) is 0 Å². The molecule has 0 aliphatic carbocycles. The maximum absolute atomic E-state index is 11.0. The highest BCUT2D eigenvalue weighted by atomic mass is 16.5. The largest absolute Gasteiger partial charge is 0.494 e. The van der Waals surface area contributed by atoms with Crippen molar-refractivity contribution >= 4 is 17.6 Å². The highest BCUT2D eigenvalue weighted by Gasteiger charge is 2.17. The van der Waals surface area contributed by atoms with Crippen LogP contribution in [0.15, 0.2) is 18.2 Å². The van der Waals surface area contributed by atoms with Crippen LogP contribution in [-0.2, 0) is 9.59 Å². The smallest absolute Gasteiger partial charge is 0.394 e. The molecule has 1 rings (SSSR count). The third kappa shape index (κ3) is 2.41. The Balaban J connectivity index is 3.09. The Morgan fingerprint density at radius 3 is 2.06 bits per heavy atom. The molecule has 0 saturated carbocycles. The molecule has 0 atom stereocenters. The zero-order valence-electron chi connectivity index (χ0n) is 8.81. The van der Waals surface area contributed by atoms with E-state index in [4.69, 9.17) is 14.6 Å². The van der Waals surface area contributed by atoms with Gasteiger partial charge >= 0.3 is 11.9 Å². The molecular weight excluding hydrogens is 214 g/mol. The van der Waals surface area contributed by atoms with Crippen LogP contribution in [0.25, 0.3) is 0 Å². The van der Waals surface area contributed by atoms with Crippen molar-refractivity contribution in [2.75, 3.05) is 19.5 Å². The van der Waals surface area contributed by atoms with Gasteiger partial charge in [-0.05, 0) is 12.1 Å². The molecule has 0 bridgehead atoms. The SMILES string of the molecule is COc1cccc(OC)c1NC(=O)C(=O)O. The Hall–Kier alpha value is -2.24. The third-order valence-corrected chi connectivity index (χ3v) is 1.86. The first-order valence-corrected chi connectivity index (χ1v) is 4.35. The Labute approximate surface area is 91.8 Å². The molecule has 0 unspecified atom stereocenters. The van der Waals surface area contributed by atoms with Gasteiger partial charge in [0.25, 0.3) is 0 Å².